The van der Waals surface area contributed by atoms with Crippen molar-refractivity contribution in [2.24, 2.45) is 11.1 Å². The normalized spacial score (nSPS) is 37.2. The van der Waals surface area contributed by atoms with Crippen LogP contribution in [0.1, 0.15) is 40.0 Å². The van der Waals surface area contributed by atoms with Crippen molar-refractivity contribution in [2.45, 2.75) is 51.7 Å². The molecule has 1 amide bonds. The van der Waals surface area contributed by atoms with E-state index in [2.05, 4.69) is 0 Å². The summed E-state index contributed by atoms with van der Waals surface area (Å²) in [6.45, 7) is 8.09. The van der Waals surface area contributed by atoms with E-state index in [4.69, 9.17) is 10.5 Å². The first-order valence-electron chi connectivity index (χ1n) is 6.54. The van der Waals surface area contributed by atoms with Gasteiger partial charge in [-0.05, 0) is 33.6 Å². The maximum absolute atomic E-state index is 12.6. The van der Waals surface area contributed by atoms with Crippen LogP contribution in [-0.4, -0.2) is 42.1 Å². The van der Waals surface area contributed by atoms with Gasteiger partial charge in [0.05, 0.1) is 17.6 Å². The van der Waals surface area contributed by atoms with Gasteiger partial charge in [-0.15, -0.1) is 0 Å². The number of carbonyl (C=O) groups excluding carboxylic acids is 1. The first-order chi connectivity index (χ1) is 7.85. The summed E-state index contributed by atoms with van der Waals surface area (Å²) in [4.78, 5) is 14.5. The number of hydrogen-bond donors (Lipinski definition) is 1. The van der Waals surface area contributed by atoms with Gasteiger partial charge in [-0.25, -0.2) is 0 Å². The lowest BCUT2D eigenvalue weighted by atomic mass is 9.83. The third kappa shape index (κ3) is 2.33. The van der Waals surface area contributed by atoms with E-state index in [0.717, 1.165) is 19.3 Å². The number of morpholine rings is 1. The van der Waals surface area contributed by atoms with Gasteiger partial charge in [-0.3, -0.25) is 4.79 Å². The highest BCUT2D eigenvalue weighted by molar-refractivity contribution is 5.83. The van der Waals surface area contributed by atoms with Crippen LogP contribution in [0.2, 0.25) is 0 Å². The number of amides is 1. The molecular weight excluding hydrogens is 216 g/mol. The predicted octanol–water partition coefficient (Wildman–Crippen LogP) is 1.14. The third-order valence-electron chi connectivity index (χ3n) is 4.23. The van der Waals surface area contributed by atoms with Gasteiger partial charge in [0.2, 0.25) is 5.91 Å². The van der Waals surface area contributed by atoms with Crippen molar-refractivity contribution in [2.75, 3.05) is 19.7 Å². The van der Waals surface area contributed by atoms with Crippen LogP contribution in [-0.2, 0) is 9.53 Å². The second-order valence-electron chi connectivity index (χ2n) is 6.25. The topological polar surface area (TPSA) is 55.6 Å². The molecule has 2 aliphatic rings. The molecule has 0 spiro atoms. The Morgan fingerprint density at radius 2 is 2.12 bits per heavy atom. The van der Waals surface area contributed by atoms with Crippen LogP contribution in [0.4, 0.5) is 0 Å². The van der Waals surface area contributed by atoms with E-state index in [1.54, 1.807) is 0 Å². The molecule has 0 radical (unpaired) electrons. The van der Waals surface area contributed by atoms with Crippen molar-refractivity contribution in [3.8, 4) is 0 Å². The minimum absolute atomic E-state index is 0.0148. The fraction of sp³-hybridized carbons (Fsp3) is 0.923. The van der Waals surface area contributed by atoms with Gasteiger partial charge in [0.25, 0.3) is 0 Å². The molecule has 1 saturated carbocycles. The van der Waals surface area contributed by atoms with Crippen LogP contribution >= 0.6 is 0 Å². The number of rotatable bonds is 1. The third-order valence-corrected chi connectivity index (χ3v) is 4.23. The van der Waals surface area contributed by atoms with Gasteiger partial charge in [-0.2, -0.15) is 0 Å². The standard InChI is InChI=1S/C13H24N2O2/c1-12(2)9-15(7-8-17-12)11(16)13(3)6-4-5-10(13)14/h10H,4-9,14H2,1-3H3. The quantitative estimate of drug-likeness (QED) is 0.748. The van der Waals surface area contributed by atoms with Gasteiger partial charge in [0, 0.05) is 19.1 Å². The lowest BCUT2D eigenvalue weighted by Crippen LogP contribution is -2.56. The molecular formula is C13H24N2O2. The number of nitrogens with zero attached hydrogens (tertiary/aromatic N) is 1. The second-order valence-corrected chi connectivity index (χ2v) is 6.25. The minimum Gasteiger partial charge on any atom is -0.372 e. The van der Waals surface area contributed by atoms with Crippen LogP contribution in [0.15, 0.2) is 0 Å². The molecule has 2 atom stereocenters. The van der Waals surface area contributed by atoms with Crippen molar-refractivity contribution < 1.29 is 9.53 Å². The highest BCUT2D eigenvalue weighted by Crippen LogP contribution is 2.39. The molecule has 2 N–H and O–H groups in total. The Kier molecular flexibility index (Phi) is 3.21. The Hall–Kier alpha value is -0.610. The van der Waals surface area contributed by atoms with E-state index in [1.807, 2.05) is 25.7 Å². The van der Waals surface area contributed by atoms with Gasteiger partial charge < -0.3 is 15.4 Å². The summed E-state index contributed by atoms with van der Waals surface area (Å²) in [6.07, 6.45) is 2.96. The fourth-order valence-corrected chi connectivity index (χ4v) is 3.01. The maximum atomic E-state index is 12.6. The number of hydrogen-bond acceptors (Lipinski definition) is 3. The van der Waals surface area contributed by atoms with Crippen LogP contribution in [0, 0.1) is 5.41 Å². The van der Waals surface area contributed by atoms with Gasteiger partial charge in [-0.1, -0.05) is 6.42 Å². The Balaban J connectivity index is 2.09. The largest absolute Gasteiger partial charge is 0.372 e. The van der Waals surface area contributed by atoms with Crippen LogP contribution in [0.5, 0.6) is 0 Å². The lowest BCUT2D eigenvalue weighted by Gasteiger charge is -2.42. The average molecular weight is 240 g/mol. The van der Waals surface area contributed by atoms with Crippen LogP contribution < -0.4 is 5.73 Å². The summed E-state index contributed by atoms with van der Waals surface area (Å²) < 4.78 is 5.64. The number of ether oxygens (including phenoxy) is 1. The molecule has 2 unspecified atom stereocenters. The van der Waals surface area contributed by atoms with E-state index >= 15 is 0 Å². The Morgan fingerprint density at radius 3 is 2.65 bits per heavy atom. The SMILES string of the molecule is CC1(C)CN(C(=O)C2(C)CCCC2N)CCO1. The van der Waals surface area contributed by atoms with Gasteiger partial charge in [0.15, 0.2) is 0 Å². The van der Waals surface area contributed by atoms with Gasteiger partial charge in [0.1, 0.15) is 0 Å². The maximum Gasteiger partial charge on any atom is 0.230 e. The van der Waals surface area contributed by atoms with Crippen molar-refractivity contribution in [3.05, 3.63) is 0 Å². The highest BCUT2D eigenvalue weighted by Gasteiger charge is 2.46. The summed E-state index contributed by atoms with van der Waals surface area (Å²) in [7, 11) is 0. The number of carbonyl (C=O) groups is 1. The van der Waals surface area contributed by atoms with Crippen molar-refractivity contribution in [1.82, 2.24) is 4.90 Å². The first kappa shape index (κ1) is 12.8. The zero-order valence-electron chi connectivity index (χ0n) is 11.2. The Morgan fingerprint density at radius 1 is 1.41 bits per heavy atom. The molecule has 4 nitrogen and oxygen atoms in total. The highest BCUT2D eigenvalue weighted by atomic mass is 16.5. The monoisotopic (exact) mass is 240 g/mol. The molecule has 2 fully saturated rings. The molecule has 17 heavy (non-hydrogen) atoms. The second kappa shape index (κ2) is 4.25. The Bertz CT molecular complexity index is 317. The zero-order valence-corrected chi connectivity index (χ0v) is 11.2. The fourth-order valence-electron chi connectivity index (χ4n) is 3.01. The smallest absolute Gasteiger partial charge is 0.230 e. The van der Waals surface area contributed by atoms with Crippen molar-refractivity contribution in [3.63, 3.8) is 0 Å². The first-order valence-corrected chi connectivity index (χ1v) is 6.54. The summed E-state index contributed by atoms with van der Waals surface area (Å²) in [5, 5.41) is 0. The van der Waals surface area contributed by atoms with Gasteiger partial charge >= 0.3 is 0 Å². The molecule has 4 heteroatoms. The molecule has 1 saturated heterocycles. The van der Waals surface area contributed by atoms with E-state index in [9.17, 15) is 4.79 Å². The predicted molar refractivity (Wildman–Crippen MR) is 66.5 cm³/mol. The average Bonchev–Trinajstić information content (AvgIpc) is 2.58. The molecule has 0 aromatic carbocycles. The molecule has 2 rings (SSSR count). The molecule has 1 heterocycles. The molecule has 0 bridgehead atoms. The van der Waals surface area contributed by atoms with E-state index in [-0.39, 0.29) is 23.0 Å². The molecule has 1 aliphatic heterocycles. The minimum atomic E-state index is -0.354. The molecule has 98 valence electrons. The summed E-state index contributed by atoms with van der Waals surface area (Å²) >= 11 is 0. The lowest BCUT2D eigenvalue weighted by molar-refractivity contribution is -0.155. The molecule has 0 aromatic heterocycles. The number of nitrogens with two attached hydrogens (primary N) is 1. The van der Waals surface area contributed by atoms with E-state index < -0.39 is 0 Å². The Labute approximate surface area is 103 Å². The van der Waals surface area contributed by atoms with Crippen molar-refractivity contribution in [1.29, 1.82) is 0 Å². The molecule has 0 aromatic rings. The van der Waals surface area contributed by atoms with Crippen molar-refractivity contribution >= 4 is 5.91 Å². The summed E-state index contributed by atoms with van der Waals surface area (Å²) in [6, 6.07) is 0.0148. The summed E-state index contributed by atoms with van der Waals surface area (Å²) in [5.41, 5.74) is 5.53. The van der Waals surface area contributed by atoms with Crippen LogP contribution in [0.25, 0.3) is 0 Å². The van der Waals surface area contributed by atoms with E-state index in [1.165, 1.54) is 0 Å². The van der Waals surface area contributed by atoms with Crippen LogP contribution in [0.3, 0.4) is 0 Å². The molecule has 1 aliphatic carbocycles. The summed E-state index contributed by atoms with van der Waals surface area (Å²) in [5.74, 6) is 0.221. The van der Waals surface area contributed by atoms with E-state index in [0.29, 0.717) is 19.7 Å². The zero-order chi connectivity index (χ0) is 12.7.